The van der Waals surface area contributed by atoms with E-state index >= 15 is 0 Å². The van der Waals surface area contributed by atoms with Crippen molar-refractivity contribution in [3.05, 3.63) is 58.4 Å². The summed E-state index contributed by atoms with van der Waals surface area (Å²) in [6, 6.07) is 12.0. The van der Waals surface area contributed by atoms with Gasteiger partial charge in [0.1, 0.15) is 19.3 Å². The largest absolute Gasteiger partial charge is 0.486 e. The predicted octanol–water partition coefficient (Wildman–Crippen LogP) is 4.76. The summed E-state index contributed by atoms with van der Waals surface area (Å²) in [5.41, 5.74) is 2.55. The highest BCUT2D eigenvalue weighted by Crippen LogP contribution is 2.34. The molecule has 1 unspecified atom stereocenters. The molecule has 2 N–H and O–H groups in total. The van der Waals surface area contributed by atoms with Crippen molar-refractivity contribution in [1.29, 1.82) is 0 Å². The molecule has 0 radical (unpaired) electrons. The van der Waals surface area contributed by atoms with E-state index in [0.29, 0.717) is 48.8 Å². The number of halogens is 3. The lowest BCUT2D eigenvalue weighted by molar-refractivity contribution is -0.137. The van der Waals surface area contributed by atoms with Crippen LogP contribution in [0.15, 0.2) is 47.8 Å². The van der Waals surface area contributed by atoms with Crippen LogP contribution >= 0.6 is 11.3 Å². The van der Waals surface area contributed by atoms with Crippen molar-refractivity contribution < 1.29 is 27.4 Å². The average Bonchev–Trinajstić information content (AvgIpc) is 3.30. The van der Waals surface area contributed by atoms with Crippen LogP contribution in [0.25, 0.3) is 11.3 Å². The van der Waals surface area contributed by atoms with E-state index in [1.165, 1.54) is 5.38 Å². The van der Waals surface area contributed by atoms with E-state index < -0.39 is 17.2 Å². The third-order valence-corrected chi connectivity index (χ3v) is 5.91. The zero-order chi connectivity index (χ0) is 23.4. The summed E-state index contributed by atoms with van der Waals surface area (Å²) >= 11 is 0.565. The molecule has 6 nitrogen and oxygen atoms in total. The minimum absolute atomic E-state index is 0.161. The van der Waals surface area contributed by atoms with Crippen molar-refractivity contribution in [2.45, 2.75) is 25.6 Å². The molecule has 1 amide bonds. The number of benzene rings is 2. The van der Waals surface area contributed by atoms with E-state index in [4.69, 9.17) is 9.47 Å². The summed E-state index contributed by atoms with van der Waals surface area (Å²) in [5, 5.41) is 6.49. The molecule has 33 heavy (non-hydrogen) atoms. The van der Waals surface area contributed by atoms with Crippen LogP contribution in [0.4, 0.5) is 18.9 Å². The number of hydrogen-bond acceptors (Lipinski definition) is 6. The molecule has 3 aromatic rings. The third-order valence-electron chi connectivity index (χ3n) is 5.02. The maximum Gasteiger partial charge on any atom is 0.443 e. The van der Waals surface area contributed by atoms with Crippen LogP contribution in [0.1, 0.15) is 17.5 Å². The number of carbonyl (C=O) groups excluding carboxylic acids is 1. The molecule has 0 fully saturated rings. The smallest absolute Gasteiger partial charge is 0.443 e. The monoisotopic (exact) mass is 477 g/mol. The molecule has 1 aromatic heterocycles. The van der Waals surface area contributed by atoms with Gasteiger partial charge in [0.05, 0.1) is 5.69 Å². The molecule has 1 atom stereocenters. The van der Waals surface area contributed by atoms with Crippen molar-refractivity contribution >= 4 is 22.9 Å². The van der Waals surface area contributed by atoms with Crippen molar-refractivity contribution in [2.24, 2.45) is 0 Å². The molecule has 2 heterocycles. The Labute approximate surface area is 192 Å². The lowest BCUT2D eigenvalue weighted by atomic mass is 10.1. The van der Waals surface area contributed by atoms with Crippen LogP contribution in [0.2, 0.25) is 0 Å². The zero-order valence-electron chi connectivity index (χ0n) is 17.7. The summed E-state index contributed by atoms with van der Waals surface area (Å²) in [6.07, 6.45) is -3.80. The fourth-order valence-corrected chi connectivity index (χ4v) is 4.01. The van der Waals surface area contributed by atoms with Crippen LogP contribution < -0.4 is 20.1 Å². The number of hydrogen-bond donors (Lipinski definition) is 2. The Hall–Kier alpha value is -3.27. The van der Waals surface area contributed by atoms with Gasteiger partial charge in [0.2, 0.25) is 5.91 Å². The molecular formula is C23H22F3N3O3S. The molecule has 0 saturated heterocycles. The molecule has 174 valence electrons. The molecule has 1 aliphatic heterocycles. The van der Waals surface area contributed by atoms with Gasteiger partial charge in [0.15, 0.2) is 16.5 Å². The van der Waals surface area contributed by atoms with Gasteiger partial charge in [0.25, 0.3) is 0 Å². The van der Waals surface area contributed by atoms with Crippen molar-refractivity contribution in [1.82, 2.24) is 10.3 Å². The van der Waals surface area contributed by atoms with Crippen molar-refractivity contribution in [3.63, 3.8) is 0 Å². The first-order chi connectivity index (χ1) is 15.8. The van der Waals surface area contributed by atoms with E-state index in [-0.39, 0.29) is 11.6 Å². The minimum Gasteiger partial charge on any atom is -0.486 e. The molecule has 1 aliphatic rings. The number of rotatable bonds is 7. The van der Waals surface area contributed by atoms with Gasteiger partial charge in [-0.05, 0) is 43.2 Å². The van der Waals surface area contributed by atoms with Gasteiger partial charge in [-0.3, -0.25) is 4.79 Å². The molecule has 0 aliphatic carbocycles. The first-order valence-electron chi connectivity index (χ1n) is 10.4. The molecule has 2 aromatic carbocycles. The highest BCUT2D eigenvalue weighted by Gasteiger charge is 2.34. The lowest BCUT2D eigenvalue weighted by Gasteiger charge is -2.19. The standard InChI is InChI=1S/C23H22F3N3O3S/c1-14(21(30)27-9-8-15-2-7-19-20(12-15)32-11-10-31-19)28-17-5-3-16(4-6-17)18-13-33-22(29-18)23(24,25)26/h2-7,12-14,28H,8-11H2,1H3,(H,27,30). The van der Waals surface area contributed by atoms with E-state index in [0.717, 1.165) is 17.1 Å². The molecule has 0 spiro atoms. The minimum atomic E-state index is -4.45. The quantitative estimate of drug-likeness (QED) is 0.514. The fourth-order valence-electron chi connectivity index (χ4n) is 3.32. The first-order valence-corrected chi connectivity index (χ1v) is 11.2. The Morgan fingerprint density at radius 2 is 1.85 bits per heavy atom. The van der Waals surface area contributed by atoms with Gasteiger partial charge in [-0.15, -0.1) is 11.3 Å². The number of ether oxygens (including phenoxy) is 2. The van der Waals surface area contributed by atoms with E-state index in [1.807, 2.05) is 18.2 Å². The number of aromatic nitrogens is 1. The summed E-state index contributed by atoms with van der Waals surface area (Å²) in [6.45, 7) is 3.27. The topological polar surface area (TPSA) is 72.5 Å². The van der Waals surface area contributed by atoms with E-state index in [9.17, 15) is 18.0 Å². The Morgan fingerprint density at radius 1 is 1.12 bits per heavy atom. The molecular weight excluding hydrogens is 455 g/mol. The fraction of sp³-hybridized carbons (Fsp3) is 0.304. The normalized spacial score (nSPS) is 13.9. The number of nitrogens with zero attached hydrogens (tertiary/aromatic N) is 1. The number of amides is 1. The summed E-state index contributed by atoms with van der Waals surface area (Å²) < 4.78 is 49.3. The van der Waals surface area contributed by atoms with Crippen LogP contribution in [-0.2, 0) is 17.4 Å². The van der Waals surface area contributed by atoms with E-state index in [2.05, 4.69) is 15.6 Å². The summed E-state index contributed by atoms with van der Waals surface area (Å²) in [4.78, 5) is 16.1. The number of nitrogens with one attached hydrogen (secondary N) is 2. The lowest BCUT2D eigenvalue weighted by Crippen LogP contribution is -2.38. The second-order valence-corrected chi connectivity index (χ2v) is 8.36. The maximum absolute atomic E-state index is 12.7. The summed E-state index contributed by atoms with van der Waals surface area (Å²) in [5.74, 6) is 1.29. The second kappa shape index (κ2) is 9.70. The Kier molecular flexibility index (Phi) is 6.73. The maximum atomic E-state index is 12.7. The Balaban J connectivity index is 1.27. The van der Waals surface area contributed by atoms with Crippen LogP contribution in [0, 0.1) is 0 Å². The number of alkyl halides is 3. The van der Waals surface area contributed by atoms with Crippen LogP contribution in [-0.4, -0.2) is 36.7 Å². The Morgan fingerprint density at radius 3 is 2.55 bits per heavy atom. The third kappa shape index (κ3) is 5.75. The molecule has 4 rings (SSSR count). The zero-order valence-corrected chi connectivity index (χ0v) is 18.6. The predicted molar refractivity (Wildman–Crippen MR) is 120 cm³/mol. The highest BCUT2D eigenvalue weighted by molar-refractivity contribution is 7.10. The number of thiazole rings is 1. The SMILES string of the molecule is CC(Nc1ccc(-c2csc(C(F)(F)F)n2)cc1)C(=O)NCCc1ccc2c(c1)OCCO2. The Bertz CT molecular complexity index is 1120. The van der Waals surface area contributed by atoms with Gasteiger partial charge in [0, 0.05) is 23.2 Å². The van der Waals surface area contributed by atoms with Gasteiger partial charge >= 0.3 is 6.18 Å². The van der Waals surface area contributed by atoms with Gasteiger partial charge in [-0.25, -0.2) is 4.98 Å². The van der Waals surface area contributed by atoms with Crippen LogP contribution in [0.3, 0.4) is 0 Å². The second-order valence-electron chi connectivity index (χ2n) is 7.50. The number of fused-ring (bicyclic) bond motifs is 1. The van der Waals surface area contributed by atoms with Gasteiger partial charge in [-0.2, -0.15) is 13.2 Å². The molecule has 0 bridgehead atoms. The van der Waals surface area contributed by atoms with Gasteiger partial charge < -0.3 is 20.1 Å². The number of anilines is 1. The van der Waals surface area contributed by atoms with Crippen molar-refractivity contribution in [3.8, 4) is 22.8 Å². The number of carbonyl (C=O) groups is 1. The average molecular weight is 478 g/mol. The van der Waals surface area contributed by atoms with Crippen molar-refractivity contribution in [2.75, 3.05) is 25.1 Å². The van der Waals surface area contributed by atoms with E-state index in [1.54, 1.807) is 31.2 Å². The van der Waals surface area contributed by atoms with Gasteiger partial charge in [-0.1, -0.05) is 18.2 Å². The molecule has 10 heteroatoms. The summed E-state index contributed by atoms with van der Waals surface area (Å²) in [7, 11) is 0. The highest BCUT2D eigenvalue weighted by atomic mass is 32.1. The molecule has 0 saturated carbocycles. The first kappa shape index (κ1) is 22.9. The van der Waals surface area contributed by atoms with Crippen LogP contribution in [0.5, 0.6) is 11.5 Å².